The molecular formula is C15H18N4OS2. The van der Waals surface area contributed by atoms with E-state index in [2.05, 4.69) is 27.5 Å². The van der Waals surface area contributed by atoms with Crippen molar-refractivity contribution in [2.45, 2.75) is 24.0 Å². The van der Waals surface area contributed by atoms with Crippen LogP contribution in [0.5, 0.6) is 0 Å². The molecule has 0 bridgehead atoms. The van der Waals surface area contributed by atoms with Gasteiger partial charge in [0, 0.05) is 5.69 Å². The largest absolute Gasteiger partial charge is 0.324 e. The van der Waals surface area contributed by atoms with Crippen molar-refractivity contribution in [3.05, 3.63) is 42.5 Å². The first-order valence-corrected chi connectivity index (χ1v) is 9.32. The Bertz CT molecular complexity index is 626. The predicted octanol–water partition coefficient (Wildman–Crippen LogP) is 3.35. The number of carbonyl (C=O) groups excluding carboxylic acids is 1. The van der Waals surface area contributed by atoms with Crippen LogP contribution >= 0.6 is 23.5 Å². The van der Waals surface area contributed by atoms with Crippen LogP contribution in [0.2, 0.25) is 0 Å². The Kier molecular flexibility index (Phi) is 5.04. The number of carbonyl (C=O) groups is 1. The minimum Gasteiger partial charge on any atom is -0.324 e. The van der Waals surface area contributed by atoms with Gasteiger partial charge in [0.15, 0.2) is 0 Å². The van der Waals surface area contributed by atoms with E-state index in [1.54, 1.807) is 17.9 Å². The lowest BCUT2D eigenvalue weighted by Crippen LogP contribution is -2.24. The normalized spacial score (nSPS) is 17.1. The van der Waals surface area contributed by atoms with Crippen molar-refractivity contribution >= 4 is 35.1 Å². The van der Waals surface area contributed by atoms with Gasteiger partial charge < -0.3 is 5.32 Å². The molecule has 116 valence electrons. The monoisotopic (exact) mass is 334 g/mol. The van der Waals surface area contributed by atoms with Crippen LogP contribution in [-0.4, -0.2) is 32.2 Å². The number of rotatable bonds is 4. The molecule has 0 spiro atoms. The average Bonchev–Trinajstić information content (AvgIpc) is 3.09. The van der Waals surface area contributed by atoms with E-state index in [0.717, 1.165) is 5.69 Å². The summed E-state index contributed by atoms with van der Waals surface area (Å²) in [6.45, 7) is 1.81. The number of amides is 1. The summed E-state index contributed by atoms with van der Waals surface area (Å²) in [5.74, 6) is 2.32. The molecule has 5 nitrogen and oxygen atoms in total. The molecule has 1 aromatic carbocycles. The van der Waals surface area contributed by atoms with Crippen LogP contribution in [0.3, 0.4) is 0 Å². The van der Waals surface area contributed by atoms with Crippen LogP contribution in [0.25, 0.3) is 0 Å². The van der Waals surface area contributed by atoms with E-state index in [1.165, 1.54) is 29.8 Å². The first kappa shape index (κ1) is 15.4. The van der Waals surface area contributed by atoms with E-state index >= 15 is 0 Å². The zero-order valence-corrected chi connectivity index (χ0v) is 13.9. The van der Waals surface area contributed by atoms with Gasteiger partial charge in [-0.2, -0.15) is 5.10 Å². The lowest BCUT2D eigenvalue weighted by Gasteiger charge is -2.22. The topological polar surface area (TPSA) is 59.8 Å². The molecule has 1 saturated heterocycles. The molecule has 0 saturated carbocycles. The van der Waals surface area contributed by atoms with E-state index in [9.17, 15) is 4.79 Å². The minimum absolute atomic E-state index is 0.0911. The van der Waals surface area contributed by atoms with Crippen LogP contribution in [0.4, 0.5) is 5.69 Å². The van der Waals surface area contributed by atoms with Crippen LogP contribution in [0.15, 0.2) is 36.9 Å². The maximum Gasteiger partial charge on any atom is 0.249 e. The van der Waals surface area contributed by atoms with Crippen molar-refractivity contribution in [1.29, 1.82) is 0 Å². The second kappa shape index (κ2) is 7.19. The van der Waals surface area contributed by atoms with Gasteiger partial charge in [0.2, 0.25) is 5.91 Å². The van der Waals surface area contributed by atoms with Crippen molar-refractivity contribution in [1.82, 2.24) is 14.8 Å². The molecule has 1 aromatic heterocycles. The smallest absolute Gasteiger partial charge is 0.249 e. The van der Waals surface area contributed by atoms with Gasteiger partial charge in [-0.25, -0.2) is 9.67 Å². The summed E-state index contributed by atoms with van der Waals surface area (Å²) in [7, 11) is 0. The van der Waals surface area contributed by atoms with E-state index < -0.39 is 0 Å². The fourth-order valence-corrected chi connectivity index (χ4v) is 5.10. The zero-order chi connectivity index (χ0) is 15.4. The predicted molar refractivity (Wildman–Crippen MR) is 92.1 cm³/mol. The Morgan fingerprint density at radius 1 is 1.41 bits per heavy atom. The molecule has 3 rings (SSSR count). The molecule has 1 fully saturated rings. The zero-order valence-electron chi connectivity index (χ0n) is 12.3. The number of nitrogens with one attached hydrogen (secondary N) is 1. The highest BCUT2D eigenvalue weighted by Crippen LogP contribution is 2.44. The second-order valence-corrected chi connectivity index (χ2v) is 7.82. The summed E-state index contributed by atoms with van der Waals surface area (Å²) in [5, 5.41) is 6.97. The van der Waals surface area contributed by atoms with Gasteiger partial charge in [0.1, 0.15) is 18.7 Å². The Labute approximate surface area is 138 Å². The Balaban J connectivity index is 1.68. The molecular weight excluding hydrogens is 316 g/mol. The molecule has 2 heterocycles. The molecule has 0 radical (unpaired) electrons. The molecule has 1 atom stereocenters. The van der Waals surface area contributed by atoms with Crippen LogP contribution < -0.4 is 5.32 Å². The highest BCUT2D eigenvalue weighted by molar-refractivity contribution is 8.16. The molecule has 1 aliphatic heterocycles. The van der Waals surface area contributed by atoms with Gasteiger partial charge in [-0.3, -0.25) is 4.79 Å². The lowest BCUT2D eigenvalue weighted by molar-refractivity contribution is -0.119. The number of thioether (sulfide) groups is 2. The second-order valence-electron chi connectivity index (χ2n) is 5.09. The number of aromatic nitrogens is 3. The van der Waals surface area contributed by atoms with Crippen molar-refractivity contribution < 1.29 is 4.79 Å². The molecule has 1 amide bonds. The van der Waals surface area contributed by atoms with E-state index in [0.29, 0.717) is 4.58 Å². The Morgan fingerprint density at radius 3 is 2.95 bits per heavy atom. The average molecular weight is 334 g/mol. The standard InChI is InChI=1S/C15H18N4OS2/c1-11(19-10-16-9-17-19)14(20)18-13-5-2-4-12(8-13)15-21-6-3-7-22-15/h2,4-5,8-11,15H,3,6-7H2,1H3,(H,18,20)/t11-/m0/s1. The fourth-order valence-electron chi connectivity index (χ4n) is 2.23. The van der Waals surface area contributed by atoms with Crippen molar-refractivity contribution in [2.24, 2.45) is 0 Å². The van der Waals surface area contributed by atoms with Crippen LogP contribution in [-0.2, 0) is 4.79 Å². The van der Waals surface area contributed by atoms with Gasteiger partial charge in [-0.1, -0.05) is 12.1 Å². The molecule has 1 aliphatic rings. The molecule has 22 heavy (non-hydrogen) atoms. The van der Waals surface area contributed by atoms with Gasteiger partial charge in [-0.05, 0) is 42.5 Å². The van der Waals surface area contributed by atoms with E-state index in [4.69, 9.17) is 0 Å². The summed E-state index contributed by atoms with van der Waals surface area (Å²) in [6.07, 6.45) is 4.26. The summed E-state index contributed by atoms with van der Waals surface area (Å²) in [4.78, 5) is 16.2. The maximum atomic E-state index is 12.3. The molecule has 7 heteroatoms. The van der Waals surface area contributed by atoms with Gasteiger partial charge in [0.25, 0.3) is 0 Å². The summed E-state index contributed by atoms with van der Waals surface area (Å²) >= 11 is 3.95. The Morgan fingerprint density at radius 2 is 2.23 bits per heavy atom. The number of nitrogens with zero attached hydrogens (tertiary/aromatic N) is 3. The lowest BCUT2D eigenvalue weighted by atomic mass is 10.2. The third-order valence-electron chi connectivity index (χ3n) is 3.47. The summed E-state index contributed by atoms with van der Waals surface area (Å²) in [6, 6.07) is 7.74. The van der Waals surface area contributed by atoms with E-state index in [1.807, 2.05) is 35.7 Å². The first-order valence-electron chi connectivity index (χ1n) is 7.22. The van der Waals surface area contributed by atoms with Crippen molar-refractivity contribution in [2.75, 3.05) is 16.8 Å². The fraction of sp³-hybridized carbons (Fsp3) is 0.400. The molecule has 1 N–H and O–H groups in total. The summed E-state index contributed by atoms with van der Waals surface area (Å²) < 4.78 is 2.02. The third-order valence-corrected chi connectivity index (χ3v) is 6.48. The number of hydrogen-bond donors (Lipinski definition) is 1. The number of hydrogen-bond acceptors (Lipinski definition) is 5. The Hall–Kier alpha value is -1.47. The molecule has 0 unspecified atom stereocenters. The van der Waals surface area contributed by atoms with E-state index in [-0.39, 0.29) is 11.9 Å². The minimum atomic E-state index is -0.385. The van der Waals surface area contributed by atoms with Crippen LogP contribution in [0, 0.1) is 0 Å². The van der Waals surface area contributed by atoms with Gasteiger partial charge >= 0.3 is 0 Å². The quantitative estimate of drug-likeness (QED) is 0.929. The molecule has 0 aliphatic carbocycles. The van der Waals surface area contributed by atoms with Crippen molar-refractivity contribution in [3.63, 3.8) is 0 Å². The SMILES string of the molecule is C[C@@H](C(=O)Nc1cccc(C2SCCCS2)c1)n1cncn1. The van der Waals surface area contributed by atoms with Gasteiger partial charge in [-0.15, -0.1) is 23.5 Å². The van der Waals surface area contributed by atoms with Gasteiger partial charge in [0.05, 0.1) is 4.58 Å². The maximum absolute atomic E-state index is 12.3. The number of anilines is 1. The summed E-state index contributed by atoms with van der Waals surface area (Å²) in [5.41, 5.74) is 2.10. The number of benzene rings is 1. The first-order chi connectivity index (χ1) is 10.7. The third kappa shape index (κ3) is 3.64. The van der Waals surface area contributed by atoms with Crippen LogP contribution in [0.1, 0.15) is 29.5 Å². The highest BCUT2D eigenvalue weighted by atomic mass is 32.2. The van der Waals surface area contributed by atoms with Crippen molar-refractivity contribution in [3.8, 4) is 0 Å². The molecule has 2 aromatic rings. The highest BCUT2D eigenvalue weighted by Gasteiger charge is 2.18.